The lowest BCUT2D eigenvalue weighted by molar-refractivity contribution is -0.134. The molecule has 1 aromatic heterocycles. The molecule has 1 aromatic rings. The zero-order valence-corrected chi connectivity index (χ0v) is 23.4. The van der Waals surface area contributed by atoms with Crippen LogP contribution in [0.1, 0.15) is 167 Å². The fraction of sp³-hybridized carbons (Fsp3) is 0.839. The summed E-state index contributed by atoms with van der Waals surface area (Å²) < 4.78 is 10.7. The van der Waals surface area contributed by atoms with E-state index in [1.807, 2.05) is 6.92 Å². The molecule has 0 atom stereocenters. The molecule has 0 aliphatic heterocycles. The zero-order valence-electron chi connectivity index (χ0n) is 23.4. The minimum atomic E-state index is -0.287. The summed E-state index contributed by atoms with van der Waals surface area (Å²) in [6.07, 6.45) is 29.3. The van der Waals surface area contributed by atoms with Gasteiger partial charge < -0.3 is 14.3 Å². The van der Waals surface area contributed by atoms with E-state index in [9.17, 15) is 9.90 Å². The zero-order chi connectivity index (χ0) is 25.6. The number of carbonyl (C=O) groups excluding carboxylic acids is 1. The Hall–Kier alpha value is -1.45. The number of aromatic hydroxyl groups is 1. The number of unbranched alkanes of at least 4 members (excludes halogenated alkanes) is 20. The van der Waals surface area contributed by atoms with E-state index in [-0.39, 0.29) is 17.5 Å². The number of rotatable bonds is 24. The van der Waals surface area contributed by atoms with E-state index in [2.05, 4.69) is 6.92 Å². The van der Waals surface area contributed by atoms with Crippen LogP contribution in [0, 0.1) is 6.92 Å². The minimum absolute atomic E-state index is 0.0304. The quantitative estimate of drug-likeness (QED) is 0.115. The average Bonchev–Trinajstić information content (AvgIpc) is 3.12. The minimum Gasteiger partial charge on any atom is -0.502 e. The van der Waals surface area contributed by atoms with Gasteiger partial charge in [0.25, 0.3) is 0 Å². The van der Waals surface area contributed by atoms with Gasteiger partial charge in [-0.15, -0.1) is 0 Å². The maximum atomic E-state index is 12.0. The average molecular weight is 493 g/mol. The van der Waals surface area contributed by atoms with E-state index >= 15 is 0 Å². The Bertz CT molecular complexity index is 634. The lowest BCUT2D eigenvalue weighted by Gasteiger charge is -2.05. The van der Waals surface area contributed by atoms with Crippen molar-refractivity contribution in [2.75, 3.05) is 0 Å². The molecule has 0 radical (unpaired) electrons. The molecule has 0 aromatic carbocycles. The first kappa shape index (κ1) is 31.6. The molecule has 204 valence electrons. The molecule has 1 rings (SSSR count). The van der Waals surface area contributed by atoms with Crippen LogP contribution in [0.4, 0.5) is 0 Å². The van der Waals surface area contributed by atoms with E-state index in [1.165, 1.54) is 122 Å². The second-order valence-corrected chi connectivity index (χ2v) is 10.4. The van der Waals surface area contributed by atoms with Crippen molar-refractivity contribution in [1.82, 2.24) is 0 Å². The summed E-state index contributed by atoms with van der Waals surface area (Å²) in [5, 5.41) is 10.0. The molecule has 1 heterocycles. The molecule has 0 unspecified atom stereocenters. The molecule has 0 fully saturated rings. The van der Waals surface area contributed by atoms with Gasteiger partial charge in [-0.2, -0.15) is 0 Å². The van der Waals surface area contributed by atoms with Crippen molar-refractivity contribution in [3.05, 3.63) is 11.5 Å². The number of carbonyl (C=O) groups is 1. The van der Waals surface area contributed by atoms with Gasteiger partial charge in [0.15, 0.2) is 0 Å². The molecule has 35 heavy (non-hydrogen) atoms. The van der Waals surface area contributed by atoms with Gasteiger partial charge in [-0.3, -0.25) is 4.79 Å². The fourth-order valence-corrected chi connectivity index (χ4v) is 4.80. The third-order valence-corrected chi connectivity index (χ3v) is 7.10. The fourth-order valence-electron chi connectivity index (χ4n) is 4.80. The van der Waals surface area contributed by atoms with E-state index in [0.717, 1.165) is 12.8 Å². The number of furan rings is 1. The van der Waals surface area contributed by atoms with Crippen LogP contribution in [0.2, 0.25) is 0 Å². The summed E-state index contributed by atoms with van der Waals surface area (Å²) in [7, 11) is 0. The van der Waals surface area contributed by atoms with Gasteiger partial charge in [0, 0.05) is 12.8 Å². The smallest absolute Gasteiger partial charge is 0.311 e. The number of aryl methyl sites for hydroxylation is 2. The predicted octanol–water partition coefficient (Wildman–Crippen LogP) is 10.4. The Balaban J connectivity index is 1.80. The number of hydrogen-bond acceptors (Lipinski definition) is 4. The molecular weight excluding hydrogens is 436 g/mol. The summed E-state index contributed by atoms with van der Waals surface area (Å²) in [5.74, 6) is 0.808. The molecule has 0 bridgehead atoms. The highest BCUT2D eigenvalue weighted by Crippen LogP contribution is 2.37. The molecule has 0 aliphatic rings. The van der Waals surface area contributed by atoms with Gasteiger partial charge in [-0.1, -0.05) is 142 Å². The molecule has 0 saturated carbocycles. The van der Waals surface area contributed by atoms with Gasteiger partial charge in [0.1, 0.15) is 11.5 Å². The van der Waals surface area contributed by atoms with Gasteiger partial charge in [0.2, 0.25) is 11.5 Å². The first-order valence-corrected chi connectivity index (χ1v) is 15.1. The molecular formula is C31H56O4. The Labute approximate surface area is 216 Å². The molecule has 0 aliphatic carbocycles. The second kappa shape index (κ2) is 21.8. The lowest BCUT2D eigenvalue weighted by Crippen LogP contribution is -2.07. The number of ether oxygens (including phenoxy) is 1. The van der Waals surface area contributed by atoms with Crippen molar-refractivity contribution in [1.29, 1.82) is 0 Å². The third kappa shape index (κ3) is 16.0. The van der Waals surface area contributed by atoms with E-state index in [4.69, 9.17) is 9.15 Å². The molecule has 1 N–H and O–H groups in total. The van der Waals surface area contributed by atoms with Gasteiger partial charge in [-0.05, 0) is 13.3 Å². The van der Waals surface area contributed by atoms with Crippen molar-refractivity contribution < 1.29 is 19.1 Å². The molecule has 0 spiro atoms. The maximum absolute atomic E-state index is 12.0. The Kier molecular flexibility index (Phi) is 19.7. The summed E-state index contributed by atoms with van der Waals surface area (Å²) in [4.78, 5) is 12.0. The SMILES string of the molecule is CCCCCCCCCCCCCCCCCCCCCCCC(=O)Oc1c(C)oc(CC)c1O. The van der Waals surface area contributed by atoms with Crippen molar-refractivity contribution in [3.8, 4) is 11.5 Å². The van der Waals surface area contributed by atoms with Crippen LogP contribution in [0.5, 0.6) is 11.5 Å². The second-order valence-electron chi connectivity index (χ2n) is 10.4. The maximum Gasteiger partial charge on any atom is 0.311 e. The standard InChI is InChI=1S/C31H56O4/c1-4-6-7-8-9-10-11-12-13-14-15-16-17-18-19-20-21-22-23-24-25-26-29(32)35-31-27(3)34-28(5-2)30(31)33/h33H,4-26H2,1-3H3. The largest absolute Gasteiger partial charge is 0.502 e. The first-order chi connectivity index (χ1) is 17.1. The summed E-state index contributed by atoms with van der Waals surface area (Å²) in [6, 6.07) is 0. The van der Waals surface area contributed by atoms with Gasteiger partial charge in [-0.25, -0.2) is 0 Å². The highest BCUT2D eigenvalue weighted by Gasteiger charge is 2.19. The van der Waals surface area contributed by atoms with E-state index in [1.54, 1.807) is 6.92 Å². The molecule has 0 amide bonds. The number of hydrogen-bond donors (Lipinski definition) is 1. The molecule has 0 saturated heterocycles. The van der Waals surface area contributed by atoms with Crippen molar-refractivity contribution in [3.63, 3.8) is 0 Å². The third-order valence-electron chi connectivity index (χ3n) is 7.10. The van der Waals surface area contributed by atoms with Crippen LogP contribution >= 0.6 is 0 Å². The predicted molar refractivity (Wildman–Crippen MR) is 147 cm³/mol. The first-order valence-electron chi connectivity index (χ1n) is 15.1. The van der Waals surface area contributed by atoms with E-state index in [0.29, 0.717) is 24.4 Å². The monoisotopic (exact) mass is 492 g/mol. The van der Waals surface area contributed by atoms with Gasteiger partial charge >= 0.3 is 5.97 Å². The number of esters is 1. The van der Waals surface area contributed by atoms with E-state index < -0.39 is 0 Å². The van der Waals surface area contributed by atoms with Gasteiger partial charge in [0.05, 0.1) is 0 Å². The summed E-state index contributed by atoms with van der Waals surface area (Å²) >= 11 is 0. The normalized spacial score (nSPS) is 11.3. The lowest BCUT2D eigenvalue weighted by atomic mass is 10.0. The topological polar surface area (TPSA) is 59.7 Å². The highest BCUT2D eigenvalue weighted by atomic mass is 16.6. The Morgan fingerprint density at radius 3 is 1.37 bits per heavy atom. The van der Waals surface area contributed by atoms with Crippen molar-refractivity contribution >= 4 is 5.97 Å². The van der Waals surface area contributed by atoms with Crippen LogP contribution in [-0.2, 0) is 11.2 Å². The summed E-state index contributed by atoms with van der Waals surface area (Å²) in [6.45, 7) is 5.89. The van der Waals surface area contributed by atoms with Crippen molar-refractivity contribution in [2.24, 2.45) is 0 Å². The Morgan fingerprint density at radius 1 is 0.657 bits per heavy atom. The van der Waals surface area contributed by atoms with Crippen LogP contribution in [0.3, 0.4) is 0 Å². The van der Waals surface area contributed by atoms with Crippen LogP contribution in [-0.4, -0.2) is 11.1 Å². The van der Waals surface area contributed by atoms with Crippen molar-refractivity contribution in [2.45, 2.75) is 168 Å². The van der Waals surface area contributed by atoms with Crippen LogP contribution < -0.4 is 4.74 Å². The summed E-state index contributed by atoms with van der Waals surface area (Å²) in [5.41, 5.74) is 0. The molecule has 4 nitrogen and oxygen atoms in total. The molecule has 4 heteroatoms. The van der Waals surface area contributed by atoms with Crippen LogP contribution in [0.25, 0.3) is 0 Å². The Morgan fingerprint density at radius 2 is 1.03 bits per heavy atom. The van der Waals surface area contributed by atoms with Crippen LogP contribution in [0.15, 0.2) is 4.42 Å². The highest BCUT2D eigenvalue weighted by molar-refractivity contribution is 5.73.